The lowest BCUT2D eigenvalue weighted by molar-refractivity contribution is 0.397. The van der Waals surface area contributed by atoms with E-state index in [2.05, 4.69) is 32.7 Å². The molecule has 0 aliphatic carbocycles. The van der Waals surface area contributed by atoms with E-state index >= 15 is 0 Å². The maximum Gasteiger partial charge on any atom is 0.0192 e. The summed E-state index contributed by atoms with van der Waals surface area (Å²) in [5.74, 6) is 0. The van der Waals surface area contributed by atoms with Gasteiger partial charge in [0.05, 0.1) is 0 Å². The molecule has 0 saturated carbocycles. The topological polar surface area (TPSA) is 12.0 Å². The summed E-state index contributed by atoms with van der Waals surface area (Å²) < 4.78 is 0. The van der Waals surface area contributed by atoms with E-state index in [1.165, 1.54) is 0 Å². The van der Waals surface area contributed by atoms with E-state index in [-0.39, 0.29) is 0 Å². The number of rotatable bonds is 2. The molecule has 1 nitrogen and oxygen atoms in total. The molecular weight excluding hydrogens is 110 g/mol. The molecular formula is C8H17N. The molecule has 0 atom stereocenters. The van der Waals surface area contributed by atoms with Gasteiger partial charge in [-0.25, -0.2) is 0 Å². The highest BCUT2D eigenvalue weighted by Crippen LogP contribution is 2.10. The Balaban J connectivity index is 3.39. The third-order valence-corrected chi connectivity index (χ3v) is 0.920. The number of nitrogens with one attached hydrogen (secondary N) is 1. The van der Waals surface area contributed by atoms with Crippen molar-refractivity contribution in [3.05, 3.63) is 12.3 Å². The van der Waals surface area contributed by atoms with Crippen molar-refractivity contribution in [1.29, 1.82) is 0 Å². The zero-order chi connectivity index (χ0) is 7.49. The Morgan fingerprint density at radius 2 is 1.89 bits per heavy atom. The van der Waals surface area contributed by atoms with Crippen LogP contribution in [0, 0.1) is 5.41 Å². The Morgan fingerprint density at radius 3 is 2.00 bits per heavy atom. The van der Waals surface area contributed by atoms with Crippen molar-refractivity contribution < 1.29 is 0 Å². The molecule has 0 aromatic heterocycles. The van der Waals surface area contributed by atoms with E-state index in [0.717, 1.165) is 12.2 Å². The van der Waals surface area contributed by atoms with E-state index in [0.29, 0.717) is 5.41 Å². The molecule has 0 spiro atoms. The summed E-state index contributed by atoms with van der Waals surface area (Å²) in [6.45, 7) is 13.3. The van der Waals surface area contributed by atoms with Crippen molar-refractivity contribution in [2.45, 2.75) is 27.7 Å². The van der Waals surface area contributed by atoms with Crippen molar-refractivity contribution >= 4 is 0 Å². The van der Waals surface area contributed by atoms with Gasteiger partial charge in [-0.2, -0.15) is 0 Å². The largest absolute Gasteiger partial charge is 0.389 e. The molecule has 0 unspecified atom stereocenters. The number of allylic oxidation sites excluding steroid dienone is 1. The predicted octanol–water partition coefficient (Wildman–Crippen LogP) is 2.16. The molecule has 0 fully saturated rings. The van der Waals surface area contributed by atoms with Crippen LogP contribution in [-0.4, -0.2) is 6.54 Å². The van der Waals surface area contributed by atoms with Gasteiger partial charge >= 0.3 is 0 Å². The van der Waals surface area contributed by atoms with E-state index in [9.17, 15) is 0 Å². The normalized spacial score (nSPS) is 11.1. The first kappa shape index (κ1) is 8.54. The lowest BCUT2D eigenvalue weighted by Gasteiger charge is -2.19. The lowest BCUT2D eigenvalue weighted by atomic mass is 9.97. The van der Waals surface area contributed by atoms with Crippen LogP contribution < -0.4 is 5.32 Å². The molecule has 9 heavy (non-hydrogen) atoms. The Morgan fingerprint density at radius 1 is 1.44 bits per heavy atom. The van der Waals surface area contributed by atoms with Crippen molar-refractivity contribution in [3.63, 3.8) is 0 Å². The fourth-order valence-corrected chi connectivity index (χ4v) is 0.416. The average Bonchev–Trinajstić information content (AvgIpc) is 1.59. The molecule has 0 radical (unpaired) electrons. The molecule has 0 aliphatic heterocycles. The van der Waals surface area contributed by atoms with Crippen LogP contribution in [0.2, 0.25) is 0 Å². The molecule has 0 aromatic rings. The first-order valence-corrected chi connectivity index (χ1v) is 3.31. The van der Waals surface area contributed by atoms with Crippen LogP contribution >= 0.6 is 0 Å². The Kier molecular flexibility index (Phi) is 2.75. The van der Waals surface area contributed by atoms with Crippen LogP contribution in [-0.2, 0) is 0 Å². The first-order valence-electron chi connectivity index (χ1n) is 3.31. The Bertz CT molecular complexity index is 97.6. The predicted molar refractivity (Wildman–Crippen MR) is 42.3 cm³/mol. The summed E-state index contributed by atoms with van der Waals surface area (Å²) >= 11 is 0. The fourth-order valence-electron chi connectivity index (χ4n) is 0.416. The third kappa shape index (κ3) is 7.54. The Labute approximate surface area is 58.2 Å². The first-order chi connectivity index (χ1) is 3.92. The van der Waals surface area contributed by atoms with Gasteiger partial charge < -0.3 is 5.32 Å². The molecule has 0 saturated heterocycles. The minimum Gasteiger partial charge on any atom is -0.389 e. The molecule has 54 valence electrons. The summed E-state index contributed by atoms with van der Waals surface area (Å²) in [6, 6.07) is 0. The highest BCUT2D eigenvalue weighted by Gasteiger charge is 2.07. The summed E-state index contributed by atoms with van der Waals surface area (Å²) in [7, 11) is 0. The van der Waals surface area contributed by atoms with Crippen LogP contribution in [0.5, 0.6) is 0 Å². The van der Waals surface area contributed by atoms with Crippen molar-refractivity contribution in [3.8, 4) is 0 Å². The van der Waals surface area contributed by atoms with Crippen LogP contribution in [0.25, 0.3) is 0 Å². The summed E-state index contributed by atoms with van der Waals surface area (Å²) in [5.41, 5.74) is 1.41. The molecule has 0 aromatic carbocycles. The monoisotopic (exact) mass is 127 g/mol. The molecule has 1 heteroatoms. The van der Waals surface area contributed by atoms with Gasteiger partial charge in [0.15, 0.2) is 0 Å². The minimum absolute atomic E-state index is 0.360. The quantitative estimate of drug-likeness (QED) is 0.599. The van der Waals surface area contributed by atoms with Gasteiger partial charge in [-0.1, -0.05) is 27.4 Å². The minimum atomic E-state index is 0.360. The van der Waals surface area contributed by atoms with Crippen molar-refractivity contribution in [2.75, 3.05) is 6.54 Å². The van der Waals surface area contributed by atoms with Gasteiger partial charge in [0.2, 0.25) is 0 Å². The molecule has 0 bridgehead atoms. The zero-order valence-electron chi connectivity index (χ0n) is 6.91. The van der Waals surface area contributed by atoms with E-state index in [1.54, 1.807) is 0 Å². The van der Waals surface area contributed by atoms with Crippen LogP contribution in [0.15, 0.2) is 12.3 Å². The maximum absolute atomic E-state index is 3.75. The van der Waals surface area contributed by atoms with E-state index in [4.69, 9.17) is 0 Å². The van der Waals surface area contributed by atoms with Gasteiger partial charge in [-0.3, -0.25) is 0 Å². The van der Waals surface area contributed by atoms with Gasteiger partial charge in [-0.15, -0.1) is 0 Å². The van der Waals surface area contributed by atoms with Crippen LogP contribution in [0.4, 0.5) is 0 Å². The smallest absolute Gasteiger partial charge is 0.0192 e. The lowest BCUT2D eigenvalue weighted by Crippen LogP contribution is -2.24. The highest BCUT2D eigenvalue weighted by molar-refractivity contribution is 4.85. The van der Waals surface area contributed by atoms with Gasteiger partial charge in [0, 0.05) is 12.2 Å². The number of hydrogen-bond acceptors (Lipinski definition) is 1. The second-order valence-corrected chi connectivity index (χ2v) is 3.69. The second kappa shape index (κ2) is 2.90. The van der Waals surface area contributed by atoms with E-state index in [1.807, 2.05) is 6.92 Å². The molecule has 0 rings (SSSR count). The Hall–Kier alpha value is -0.460. The third-order valence-electron chi connectivity index (χ3n) is 0.920. The van der Waals surface area contributed by atoms with Crippen LogP contribution in [0.1, 0.15) is 27.7 Å². The summed E-state index contributed by atoms with van der Waals surface area (Å²) in [5, 5.41) is 3.19. The second-order valence-electron chi connectivity index (χ2n) is 3.69. The van der Waals surface area contributed by atoms with E-state index < -0.39 is 0 Å². The molecule has 0 heterocycles. The SMILES string of the molecule is C=C(C)NCC(C)(C)C. The van der Waals surface area contributed by atoms with Crippen LogP contribution in [0.3, 0.4) is 0 Å². The molecule has 0 aliphatic rings. The number of hydrogen-bond donors (Lipinski definition) is 1. The molecule has 1 N–H and O–H groups in total. The maximum atomic E-state index is 3.75. The summed E-state index contributed by atoms with van der Waals surface area (Å²) in [6.07, 6.45) is 0. The average molecular weight is 127 g/mol. The summed E-state index contributed by atoms with van der Waals surface area (Å²) in [4.78, 5) is 0. The van der Waals surface area contributed by atoms with Gasteiger partial charge in [0.25, 0.3) is 0 Å². The van der Waals surface area contributed by atoms with Crippen molar-refractivity contribution in [2.24, 2.45) is 5.41 Å². The zero-order valence-corrected chi connectivity index (χ0v) is 6.91. The highest BCUT2D eigenvalue weighted by atomic mass is 14.9. The van der Waals surface area contributed by atoms with Crippen molar-refractivity contribution in [1.82, 2.24) is 5.32 Å². The van der Waals surface area contributed by atoms with Gasteiger partial charge in [-0.05, 0) is 12.3 Å². The van der Waals surface area contributed by atoms with Gasteiger partial charge in [0.1, 0.15) is 0 Å². The standard InChI is InChI=1S/C8H17N/c1-7(2)9-6-8(3,4)5/h9H,1,6H2,2-5H3. The molecule has 0 amide bonds. The fraction of sp³-hybridized carbons (Fsp3) is 0.750.